The van der Waals surface area contributed by atoms with Crippen LogP contribution >= 0.6 is 0 Å². The third-order valence-corrected chi connectivity index (χ3v) is 1.28. The summed E-state index contributed by atoms with van der Waals surface area (Å²) < 4.78 is 0. The van der Waals surface area contributed by atoms with E-state index in [-0.39, 0.29) is 23.9 Å². The highest BCUT2D eigenvalue weighted by atomic mass is 16.2. The monoisotopic (exact) mass is 186 g/mol. The summed E-state index contributed by atoms with van der Waals surface area (Å²) in [5.41, 5.74) is -0.242. The minimum Gasteiger partial charge on any atom is -0.350 e. The zero-order valence-corrected chi connectivity index (χ0v) is 8.73. The highest BCUT2D eigenvalue weighted by Crippen LogP contribution is 1.96. The van der Waals surface area contributed by atoms with Crippen molar-refractivity contribution in [3.63, 3.8) is 0 Å². The molecule has 0 aromatic heterocycles. The molecule has 0 bridgehead atoms. The van der Waals surface area contributed by atoms with Gasteiger partial charge in [-0.05, 0) is 20.8 Å². The molecule has 0 unspecified atom stereocenters. The normalized spacial score (nSPS) is 10.8. The molecule has 0 radical (unpaired) electrons. The molecule has 0 saturated carbocycles. The molecule has 2 N–H and O–H groups in total. The van der Waals surface area contributed by atoms with E-state index in [1.165, 1.54) is 0 Å². The van der Waals surface area contributed by atoms with Crippen molar-refractivity contribution < 1.29 is 9.59 Å². The van der Waals surface area contributed by atoms with E-state index in [0.717, 1.165) is 0 Å². The van der Waals surface area contributed by atoms with Crippen molar-refractivity contribution in [3.8, 4) is 0 Å². The van der Waals surface area contributed by atoms with Crippen LogP contribution in [0.15, 0.2) is 0 Å². The Morgan fingerprint density at radius 1 is 1.15 bits per heavy atom. The standard InChI is InChI=1S/C9H18N2O2/c1-5-7(12)10-6-8(13)11-9(2,3)4/h5-6H2,1-4H3,(H,10,12)(H,11,13). The lowest BCUT2D eigenvalue weighted by molar-refractivity contribution is -0.126. The average molecular weight is 186 g/mol. The van der Waals surface area contributed by atoms with Crippen LogP contribution in [0.4, 0.5) is 0 Å². The van der Waals surface area contributed by atoms with Crippen LogP contribution in [0, 0.1) is 0 Å². The van der Waals surface area contributed by atoms with E-state index in [1.54, 1.807) is 6.92 Å². The summed E-state index contributed by atoms with van der Waals surface area (Å²) in [6, 6.07) is 0. The molecule has 0 atom stereocenters. The van der Waals surface area contributed by atoms with E-state index in [4.69, 9.17) is 0 Å². The fourth-order valence-corrected chi connectivity index (χ4v) is 0.766. The van der Waals surface area contributed by atoms with E-state index >= 15 is 0 Å². The molecule has 76 valence electrons. The van der Waals surface area contributed by atoms with Crippen LogP contribution < -0.4 is 10.6 Å². The Kier molecular flexibility index (Phi) is 4.45. The van der Waals surface area contributed by atoms with Crippen LogP contribution in [0.5, 0.6) is 0 Å². The van der Waals surface area contributed by atoms with Gasteiger partial charge in [0.25, 0.3) is 0 Å². The van der Waals surface area contributed by atoms with Crippen molar-refractivity contribution in [1.29, 1.82) is 0 Å². The van der Waals surface area contributed by atoms with Crippen molar-refractivity contribution in [3.05, 3.63) is 0 Å². The van der Waals surface area contributed by atoms with E-state index in [9.17, 15) is 9.59 Å². The van der Waals surface area contributed by atoms with E-state index in [2.05, 4.69) is 10.6 Å². The Bertz CT molecular complexity index is 194. The molecule has 0 rings (SSSR count). The fourth-order valence-electron chi connectivity index (χ4n) is 0.766. The first-order valence-corrected chi connectivity index (χ1v) is 4.43. The first-order chi connectivity index (χ1) is 5.85. The molecule has 0 aliphatic rings. The van der Waals surface area contributed by atoms with Crippen LogP contribution in [0.3, 0.4) is 0 Å². The second-order valence-electron chi connectivity index (χ2n) is 3.93. The second kappa shape index (κ2) is 4.84. The zero-order valence-electron chi connectivity index (χ0n) is 8.73. The van der Waals surface area contributed by atoms with Gasteiger partial charge in [0.15, 0.2) is 0 Å². The molecular weight excluding hydrogens is 168 g/mol. The van der Waals surface area contributed by atoms with Gasteiger partial charge >= 0.3 is 0 Å². The highest BCUT2D eigenvalue weighted by Gasteiger charge is 2.13. The summed E-state index contributed by atoms with van der Waals surface area (Å²) in [6.07, 6.45) is 0.406. The van der Waals surface area contributed by atoms with Gasteiger partial charge in [-0.3, -0.25) is 9.59 Å². The summed E-state index contributed by atoms with van der Waals surface area (Å²) in [6.45, 7) is 7.49. The molecule has 0 aliphatic carbocycles. The van der Waals surface area contributed by atoms with Crippen molar-refractivity contribution >= 4 is 11.8 Å². The first-order valence-electron chi connectivity index (χ1n) is 4.43. The fraction of sp³-hybridized carbons (Fsp3) is 0.778. The quantitative estimate of drug-likeness (QED) is 0.671. The van der Waals surface area contributed by atoms with E-state index in [1.807, 2.05) is 20.8 Å². The molecule has 0 aromatic carbocycles. The maximum Gasteiger partial charge on any atom is 0.239 e. The van der Waals surface area contributed by atoms with Gasteiger partial charge in [0.05, 0.1) is 6.54 Å². The predicted octanol–water partition coefficient (Wildman–Crippen LogP) is 0.427. The number of hydrogen-bond donors (Lipinski definition) is 2. The lowest BCUT2D eigenvalue weighted by Crippen LogP contribution is -2.45. The number of nitrogens with one attached hydrogen (secondary N) is 2. The predicted molar refractivity (Wildman–Crippen MR) is 51.2 cm³/mol. The number of rotatable bonds is 3. The summed E-state index contributed by atoms with van der Waals surface area (Å²) >= 11 is 0. The van der Waals surface area contributed by atoms with Crippen molar-refractivity contribution in [2.24, 2.45) is 0 Å². The van der Waals surface area contributed by atoms with Gasteiger partial charge < -0.3 is 10.6 Å². The number of amides is 2. The molecule has 2 amide bonds. The molecule has 0 aliphatic heterocycles. The Balaban J connectivity index is 3.71. The Morgan fingerprint density at radius 3 is 2.08 bits per heavy atom. The Hall–Kier alpha value is -1.06. The molecule has 0 aromatic rings. The van der Waals surface area contributed by atoms with Gasteiger partial charge in [-0.2, -0.15) is 0 Å². The van der Waals surface area contributed by atoms with Crippen molar-refractivity contribution in [1.82, 2.24) is 10.6 Å². The van der Waals surface area contributed by atoms with E-state index < -0.39 is 0 Å². The average Bonchev–Trinajstić information content (AvgIpc) is 1.97. The van der Waals surface area contributed by atoms with Gasteiger partial charge in [0.2, 0.25) is 11.8 Å². The maximum absolute atomic E-state index is 11.2. The smallest absolute Gasteiger partial charge is 0.239 e. The molecule has 13 heavy (non-hydrogen) atoms. The second-order valence-corrected chi connectivity index (χ2v) is 3.93. The number of hydrogen-bond acceptors (Lipinski definition) is 2. The summed E-state index contributed by atoms with van der Waals surface area (Å²) in [5.74, 6) is -0.265. The minimum atomic E-state index is -0.242. The third kappa shape index (κ3) is 7.31. The number of carbonyl (C=O) groups is 2. The van der Waals surface area contributed by atoms with Gasteiger partial charge in [0.1, 0.15) is 0 Å². The van der Waals surface area contributed by atoms with Crippen LogP contribution in [0.2, 0.25) is 0 Å². The maximum atomic E-state index is 11.2. The van der Waals surface area contributed by atoms with Gasteiger partial charge in [-0.1, -0.05) is 6.92 Å². The Morgan fingerprint density at radius 2 is 1.69 bits per heavy atom. The van der Waals surface area contributed by atoms with E-state index in [0.29, 0.717) is 6.42 Å². The van der Waals surface area contributed by atoms with Crippen LogP contribution in [-0.4, -0.2) is 23.9 Å². The molecule has 0 heterocycles. The zero-order chi connectivity index (χ0) is 10.5. The van der Waals surface area contributed by atoms with Gasteiger partial charge in [-0.25, -0.2) is 0 Å². The molecule has 0 fully saturated rings. The van der Waals surface area contributed by atoms with Crippen LogP contribution in [0.1, 0.15) is 34.1 Å². The lowest BCUT2D eigenvalue weighted by atomic mass is 10.1. The molecule has 4 nitrogen and oxygen atoms in total. The van der Waals surface area contributed by atoms with Crippen molar-refractivity contribution in [2.45, 2.75) is 39.7 Å². The Labute approximate surface area is 79.1 Å². The first kappa shape index (κ1) is 11.9. The highest BCUT2D eigenvalue weighted by molar-refractivity contribution is 5.84. The molecule has 4 heteroatoms. The summed E-state index contributed by atoms with van der Waals surface area (Å²) in [4.78, 5) is 21.9. The molecule has 0 saturated heterocycles. The number of carbonyl (C=O) groups excluding carboxylic acids is 2. The van der Waals surface area contributed by atoms with Crippen molar-refractivity contribution in [2.75, 3.05) is 6.54 Å². The summed E-state index contributed by atoms with van der Waals surface area (Å²) in [7, 11) is 0. The lowest BCUT2D eigenvalue weighted by Gasteiger charge is -2.20. The van der Waals surface area contributed by atoms with Crippen LogP contribution in [-0.2, 0) is 9.59 Å². The topological polar surface area (TPSA) is 58.2 Å². The SMILES string of the molecule is CCC(=O)NCC(=O)NC(C)(C)C. The third-order valence-electron chi connectivity index (χ3n) is 1.28. The van der Waals surface area contributed by atoms with Gasteiger partial charge in [-0.15, -0.1) is 0 Å². The van der Waals surface area contributed by atoms with Crippen LogP contribution in [0.25, 0.3) is 0 Å². The largest absolute Gasteiger partial charge is 0.350 e. The minimum absolute atomic E-state index is 0.0595. The summed E-state index contributed by atoms with van der Waals surface area (Å²) in [5, 5.41) is 5.25. The van der Waals surface area contributed by atoms with Gasteiger partial charge in [0, 0.05) is 12.0 Å². The molecular formula is C9H18N2O2. The molecule has 0 spiro atoms.